The smallest absolute Gasteiger partial charge is 0.137 e. The molecule has 1 aromatic heterocycles. The van der Waals surface area contributed by atoms with Crippen LogP contribution in [0.1, 0.15) is 25.7 Å². The molecule has 0 spiro atoms. The molecule has 2 aliphatic carbocycles. The van der Waals surface area contributed by atoms with Crippen molar-refractivity contribution in [1.29, 1.82) is 0 Å². The number of nitrogens with zero attached hydrogens (tertiary/aromatic N) is 2. The van der Waals surface area contributed by atoms with Gasteiger partial charge in [-0.3, -0.25) is 0 Å². The predicted molar refractivity (Wildman–Crippen MR) is 76.8 cm³/mol. The third kappa shape index (κ3) is 2.11. The standard InChI is InChI=1S/C15H18N4/c16-11-5-6-13-12(7-11)15(18-8-17-13)19-14(9-1-2-9)10-3-4-10/h5-10,14H,1-4,16H2,(H,17,18,19). The van der Waals surface area contributed by atoms with E-state index in [9.17, 15) is 0 Å². The van der Waals surface area contributed by atoms with E-state index in [2.05, 4.69) is 15.3 Å². The lowest BCUT2D eigenvalue weighted by Crippen LogP contribution is -2.25. The normalized spacial score (nSPS) is 19.0. The van der Waals surface area contributed by atoms with Gasteiger partial charge < -0.3 is 11.1 Å². The molecule has 0 unspecified atom stereocenters. The van der Waals surface area contributed by atoms with Crippen LogP contribution in [0.25, 0.3) is 10.9 Å². The van der Waals surface area contributed by atoms with Crippen molar-refractivity contribution in [1.82, 2.24) is 9.97 Å². The predicted octanol–water partition coefficient (Wildman–Crippen LogP) is 2.81. The number of nitrogen functional groups attached to an aromatic ring is 1. The fourth-order valence-electron chi connectivity index (χ4n) is 2.88. The Labute approximate surface area is 112 Å². The first-order valence-corrected chi connectivity index (χ1v) is 7.08. The van der Waals surface area contributed by atoms with Crippen LogP contribution in [0.4, 0.5) is 11.5 Å². The first-order valence-electron chi connectivity index (χ1n) is 7.08. The van der Waals surface area contributed by atoms with Gasteiger partial charge in [0.15, 0.2) is 0 Å². The van der Waals surface area contributed by atoms with Crippen LogP contribution in [0, 0.1) is 11.8 Å². The van der Waals surface area contributed by atoms with Gasteiger partial charge in [0.25, 0.3) is 0 Å². The summed E-state index contributed by atoms with van der Waals surface area (Å²) in [7, 11) is 0. The van der Waals surface area contributed by atoms with Crippen molar-refractivity contribution in [2.45, 2.75) is 31.7 Å². The van der Waals surface area contributed by atoms with E-state index in [0.717, 1.165) is 34.2 Å². The molecule has 2 aliphatic rings. The van der Waals surface area contributed by atoms with E-state index in [-0.39, 0.29) is 0 Å². The number of nitrogens with two attached hydrogens (primary N) is 1. The van der Waals surface area contributed by atoms with Gasteiger partial charge in [-0.05, 0) is 55.7 Å². The Bertz CT molecular complexity index is 605. The summed E-state index contributed by atoms with van der Waals surface area (Å²) in [6.45, 7) is 0. The van der Waals surface area contributed by atoms with Crippen molar-refractivity contribution in [3.05, 3.63) is 24.5 Å². The second-order valence-corrected chi connectivity index (χ2v) is 5.84. The van der Waals surface area contributed by atoms with E-state index in [4.69, 9.17) is 5.73 Å². The number of hydrogen-bond acceptors (Lipinski definition) is 4. The number of nitrogens with one attached hydrogen (secondary N) is 1. The minimum absolute atomic E-state index is 0.597. The summed E-state index contributed by atoms with van der Waals surface area (Å²) in [5, 5.41) is 4.70. The van der Waals surface area contributed by atoms with E-state index in [0.29, 0.717) is 6.04 Å². The van der Waals surface area contributed by atoms with E-state index in [1.54, 1.807) is 6.33 Å². The van der Waals surface area contributed by atoms with Gasteiger partial charge in [-0.2, -0.15) is 0 Å². The van der Waals surface area contributed by atoms with Crippen LogP contribution in [-0.2, 0) is 0 Å². The lowest BCUT2D eigenvalue weighted by molar-refractivity contribution is 0.566. The summed E-state index contributed by atoms with van der Waals surface area (Å²) in [5.74, 6) is 2.64. The molecule has 1 aromatic carbocycles. The highest BCUT2D eigenvalue weighted by atomic mass is 15.1. The molecule has 0 radical (unpaired) electrons. The van der Waals surface area contributed by atoms with Crippen LogP contribution in [0.3, 0.4) is 0 Å². The first kappa shape index (κ1) is 11.0. The van der Waals surface area contributed by atoms with E-state index < -0.39 is 0 Å². The Morgan fingerprint density at radius 1 is 1.11 bits per heavy atom. The van der Waals surface area contributed by atoms with Gasteiger partial charge in [-0.15, -0.1) is 0 Å². The summed E-state index contributed by atoms with van der Waals surface area (Å²) in [6.07, 6.45) is 7.08. The summed E-state index contributed by atoms with van der Waals surface area (Å²) in [4.78, 5) is 8.73. The topological polar surface area (TPSA) is 63.8 Å². The van der Waals surface area contributed by atoms with Gasteiger partial charge in [0.1, 0.15) is 12.1 Å². The fraction of sp³-hybridized carbons (Fsp3) is 0.467. The maximum atomic E-state index is 5.88. The molecule has 1 heterocycles. The van der Waals surface area contributed by atoms with Gasteiger partial charge in [0, 0.05) is 17.1 Å². The van der Waals surface area contributed by atoms with Crippen LogP contribution >= 0.6 is 0 Å². The third-order valence-corrected chi connectivity index (χ3v) is 4.22. The van der Waals surface area contributed by atoms with Crippen LogP contribution in [-0.4, -0.2) is 16.0 Å². The molecule has 4 rings (SSSR count). The Morgan fingerprint density at radius 2 is 1.84 bits per heavy atom. The van der Waals surface area contributed by atoms with Crippen LogP contribution in [0.15, 0.2) is 24.5 Å². The van der Waals surface area contributed by atoms with Gasteiger partial charge in [0.05, 0.1) is 5.52 Å². The summed E-state index contributed by atoms with van der Waals surface area (Å²) >= 11 is 0. The SMILES string of the molecule is Nc1ccc2ncnc(NC(C3CC3)C3CC3)c2c1. The summed E-state index contributed by atoms with van der Waals surface area (Å²) in [6, 6.07) is 6.41. The molecule has 0 saturated heterocycles. The molecule has 19 heavy (non-hydrogen) atoms. The highest BCUT2D eigenvalue weighted by Gasteiger charge is 2.41. The lowest BCUT2D eigenvalue weighted by atomic mass is 10.1. The number of rotatable bonds is 4. The summed E-state index contributed by atoms with van der Waals surface area (Å²) in [5.41, 5.74) is 7.60. The molecule has 4 heteroatoms. The highest BCUT2D eigenvalue weighted by molar-refractivity contribution is 5.91. The van der Waals surface area contributed by atoms with Crippen molar-refractivity contribution in [2.24, 2.45) is 11.8 Å². The molecule has 0 bridgehead atoms. The molecule has 2 aromatic rings. The van der Waals surface area contributed by atoms with Crippen LogP contribution in [0.2, 0.25) is 0 Å². The third-order valence-electron chi connectivity index (χ3n) is 4.22. The Kier molecular flexibility index (Phi) is 2.37. The molecule has 0 atom stereocenters. The second kappa shape index (κ2) is 4.08. The van der Waals surface area contributed by atoms with Gasteiger partial charge in [0.2, 0.25) is 0 Å². The molecule has 4 nitrogen and oxygen atoms in total. The molecular formula is C15H18N4. The second-order valence-electron chi connectivity index (χ2n) is 5.84. The molecule has 3 N–H and O–H groups in total. The summed E-state index contributed by atoms with van der Waals surface area (Å²) < 4.78 is 0. The zero-order valence-electron chi connectivity index (χ0n) is 10.8. The average molecular weight is 254 g/mol. The first-order chi connectivity index (χ1) is 9.31. The van der Waals surface area contributed by atoms with Crippen molar-refractivity contribution in [3.63, 3.8) is 0 Å². The minimum Gasteiger partial charge on any atom is -0.399 e. The monoisotopic (exact) mass is 254 g/mol. The van der Waals surface area contributed by atoms with Gasteiger partial charge in [-0.1, -0.05) is 0 Å². The maximum Gasteiger partial charge on any atom is 0.137 e. The lowest BCUT2D eigenvalue weighted by Gasteiger charge is -2.19. The molecule has 0 amide bonds. The van der Waals surface area contributed by atoms with Crippen LogP contribution in [0.5, 0.6) is 0 Å². The molecular weight excluding hydrogens is 236 g/mol. The van der Waals surface area contributed by atoms with Crippen molar-refractivity contribution in [3.8, 4) is 0 Å². The number of anilines is 2. The van der Waals surface area contributed by atoms with E-state index in [1.807, 2.05) is 18.2 Å². The number of aromatic nitrogens is 2. The molecule has 2 fully saturated rings. The Hall–Kier alpha value is -1.84. The largest absolute Gasteiger partial charge is 0.399 e. The zero-order valence-corrected chi connectivity index (χ0v) is 10.8. The number of benzene rings is 1. The minimum atomic E-state index is 0.597. The molecule has 2 saturated carbocycles. The molecule has 0 aliphatic heterocycles. The van der Waals surface area contributed by atoms with Crippen LogP contribution < -0.4 is 11.1 Å². The Balaban J connectivity index is 1.71. The van der Waals surface area contributed by atoms with E-state index >= 15 is 0 Å². The highest BCUT2D eigenvalue weighted by Crippen LogP contribution is 2.46. The van der Waals surface area contributed by atoms with E-state index in [1.165, 1.54) is 25.7 Å². The fourth-order valence-corrected chi connectivity index (χ4v) is 2.88. The molecule has 98 valence electrons. The quantitative estimate of drug-likeness (QED) is 0.823. The Morgan fingerprint density at radius 3 is 2.53 bits per heavy atom. The van der Waals surface area contributed by atoms with Crippen molar-refractivity contribution >= 4 is 22.4 Å². The average Bonchev–Trinajstić information content (AvgIpc) is 3.28. The number of fused-ring (bicyclic) bond motifs is 1. The van der Waals surface area contributed by atoms with Gasteiger partial charge in [-0.25, -0.2) is 9.97 Å². The van der Waals surface area contributed by atoms with Crippen molar-refractivity contribution < 1.29 is 0 Å². The maximum absolute atomic E-state index is 5.88. The number of hydrogen-bond donors (Lipinski definition) is 2. The van der Waals surface area contributed by atoms with Gasteiger partial charge >= 0.3 is 0 Å². The van der Waals surface area contributed by atoms with Crippen molar-refractivity contribution in [2.75, 3.05) is 11.1 Å². The zero-order chi connectivity index (χ0) is 12.8.